The molecular formula is C12H13BrN2O4. The van der Waals surface area contributed by atoms with E-state index in [1.807, 2.05) is 0 Å². The Labute approximate surface area is 117 Å². The molecule has 102 valence electrons. The summed E-state index contributed by atoms with van der Waals surface area (Å²) in [5.74, 6) is -1.35. The van der Waals surface area contributed by atoms with Gasteiger partial charge in [0.2, 0.25) is 5.91 Å². The number of carboxylic acids is 1. The fourth-order valence-corrected chi connectivity index (χ4v) is 2.24. The lowest BCUT2D eigenvalue weighted by Gasteiger charge is -2.12. The van der Waals surface area contributed by atoms with Crippen molar-refractivity contribution in [3.63, 3.8) is 0 Å². The Bertz CT molecular complexity index is 520. The second-order valence-corrected chi connectivity index (χ2v) is 5.19. The van der Waals surface area contributed by atoms with Crippen LogP contribution in [0.2, 0.25) is 0 Å². The van der Waals surface area contributed by atoms with Crippen LogP contribution in [0.25, 0.3) is 0 Å². The van der Waals surface area contributed by atoms with Gasteiger partial charge in [0.1, 0.15) is 0 Å². The number of carbonyl (C=O) groups excluding carboxylic acids is 1. The van der Waals surface area contributed by atoms with Crippen LogP contribution in [0.5, 0.6) is 0 Å². The lowest BCUT2D eigenvalue weighted by molar-refractivity contribution is -0.117. The first-order valence-electron chi connectivity index (χ1n) is 5.72. The minimum Gasteiger partial charge on any atom is -0.478 e. The van der Waals surface area contributed by atoms with Gasteiger partial charge in [0.15, 0.2) is 0 Å². The number of hydrogen-bond donors (Lipinski definition) is 4. The smallest absolute Gasteiger partial charge is 0.335 e. The summed E-state index contributed by atoms with van der Waals surface area (Å²) in [5.41, 5.74) is 0.492. The van der Waals surface area contributed by atoms with Crippen LogP contribution in [0.3, 0.4) is 0 Å². The van der Waals surface area contributed by atoms with Crippen molar-refractivity contribution in [2.75, 3.05) is 11.9 Å². The summed E-state index contributed by atoms with van der Waals surface area (Å²) in [6, 6.07) is 3.93. The molecule has 2 unspecified atom stereocenters. The highest BCUT2D eigenvalue weighted by Crippen LogP contribution is 2.24. The van der Waals surface area contributed by atoms with Crippen molar-refractivity contribution < 1.29 is 19.8 Å². The van der Waals surface area contributed by atoms with E-state index in [1.54, 1.807) is 6.07 Å². The molecule has 0 aliphatic carbocycles. The van der Waals surface area contributed by atoms with E-state index in [1.165, 1.54) is 12.1 Å². The predicted molar refractivity (Wildman–Crippen MR) is 72.1 cm³/mol. The van der Waals surface area contributed by atoms with Crippen LogP contribution in [0.4, 0.5) is 5.69 Å². The third-order valence-corrected chi connectivity index (χ3v) is 3.59. The van der Waals surface area contributed by atoms with Crippen molar-refractivity contribution in [2.24, 2.45) is 0 Å². The minimum atomic E-state index is -1.06. The molecule has 1 saturated heterocycles. The van der Waals surface area contributed by atoms with Crippen molar-refractivity contribution in [1.82, 2.24) is 5.32 Å². The highest BCUT2D eigenvalue weighted by Gasteiger charge is 2.28. The molecule has 2 rings (SSSR count). The van der Waals surface area contributed by atoms with Gasteiger partial charge < -0.3 is 20.8 Å². The number of aliphatic hydroxyl groups excluding tert-OH is 1. The topological polar surface area (TPSA) is 98.7 Å². The number of aromatic carboxylic acids is 1. The minimum absolute atomic E-state index is 0.0953. The van der Waals surface area contributed by atoms with E-state index in [4.69, 9.17) is 5.11 Å². The lowest BCUT2D eigenvalue weighted by Crippen LogP contribution is -2.35. The van der Waals surface area contributed by atoms with Crippen LogP contribution in [0, 0.1) is 0 Å². The molecule has 0 bridgehead atoms. The molecule has 1 amide bonds. The standard InChI is InChI=1S/C12H13BrN2O4/c13-8-2-1-6(12(18)19)3-9(8)15-11(17)10-4-7(16)5-14-10/h1-3,7,10,14,16H,4-5H2,(H,15,17)(H,18,19). The van der Waals surface area contributed by atoms with E-state index in [0.717, 1.165) is 0 Å². The van der Waals surface area contributed by atoms with E-state index < -0.39 is 18.1 Å². The van der Waals surface area contributed by atoms with Crippen molar-refractivity contribution in [3.8, 4) is 0 Å². The van der Waals surface area contributed by atoms with Gasteiger partial charge in [-0.2, -0.15) is 0 Å². The Balaban J connectivity index is 2.12. The first-order valence-corrected chi connectivity index (χ1v) is 6.52. The Morgan fingerprint density at radius 3 is 2.74 bits per heavy atom. The van der Waals surface area contributed by atoms with Crippen LogP contribution in [0.15, 0.2) is 22.7 Å². The first kappa shape index (κ1) is 14.0. The van der Waals surface area contributed by atoms with Crippen molar-refractivity contribution in [2.45, 2.75) is 18.6 Å². The van der Waals surface area contributed by atoms with Gasteiger partial charge in [-0.15, -0.1) is 0 Å². The average molecular weight is 329 g/mol. The molecule has 0 spiro atoms. The number of carbonyl (C=O) groups is 2. The molecule has 0 aromatic heterocycles. The number of hydrogen-bond acceptors (Lipinski definition) is 4. The van der Waals surface area contributed by atoms with E-state index in [9.17, 15) is 14.7 Å². The van der Waals surface area contributed by atoms with Crippen LogP contribution in [0.1, 0.15) is 16.8 Å². The molecule has 6 nitrogen and oxygen atoms in total. The summed E-state index contributed by atoms with van der Waals surface area (Å²) in [6.07, 6.45) is -0.174. The van der Waals surface area contributed by atoms with Gasteiger partial charge in [0.05, 0.1) is 23.4 Å². The number of β-amino-alcohol motifs (C(OH)–C–C–N with tert-alkyl or cyclic N) is 1. The maximum Gasteiger partial charge on any atom is 0.335 e. The second-order valence-electron chi connectivity index (χ2n) is 4.34. The predicted octanol–water partition coefficient (Wildman–Crippen LogP) is 0.809. The third kappa shape index (κ3) is 3.31. The normalized spacial score (nSPS) is 22.2. The van der Waals surface area contributed by atoms with Gasteiger partial charge in [-0.25, -0.2) is 4.79 Å². The molecule has 1 aliphatic heterocycles. The number of aliphatic hydroxyl groups is 1. The number of halogens is 1. The molecule has 0 saturated carbocycles. The fraction of sp³-hybridized carbons (Fsp3) is 0.333. The zero-order chi connectivity index (χ0) is 14.0. The first-order chi connectivity index (χ1) is 8.97. The molecule has 19 heavy (non-hydrogen) atoms. The average Bonchev–Trinajstić information content (AvgIpc) is 2.78. The zero-order valence-electron chi connectivity index (χ0n) is 9.89. The second kappa shape index (κ2) is 5.68. The zero-order valence-corrected chi connectivity index (χ0v) is 11.5. The van der Waals surface area contributed by atoms with Gasteiger partial charge in [0.25, 0.3) is 0 Å². The van der Waals surface area contributed by atoms with Crippen LogP contribution in [-0.4, -0.2) is 40.8 Å². The number of benzene rings is 1. The number of rotatable bonds is 3. The molecular weight excluding hydrogens is 316 g/mol. The van der Waals surface area contributed by atoms with Crippen molar-refractivity contribution in [1.29, 1.82) is 0 Å². The molecule has 0 radical (unpaired) electrons. The quantitative estimate of drug-likeness (QED) is 0.658. The molecule has 1 aromatic carbocycles. The van der Waals surface area contributed by atoms with Crippen LogP contribution in [-0.2, 0) is 4.79 Å². The molecule has 1 aliphatic rings. The van der Waals surface area contributed by atoms with Crippen LogP contribution >= 0.6 is 15.9 Å². The third-order valence-electron chi connectivity index (χ3n) is 2.90. The number of anilines is 1. The van der Waals surface area contributed by atoms with Gasteiger partial charge >= 0.3 is 5.97 Å². The molecule has 1 fully saturated rings. The van der Waals surface area contributed by atoms with Gasteiger partial charge in [0, 0.05) is 11.0 Å². The number of carboxylic acid groups (broad SMARTS) is 1. The number of nitrogens with one attached hydrogen (secondary N) is 2. The fourth-order valence-electron chi connectivity index (χ4n) is 1.89. The summed E-state index contributed by atoms with van der Waals surface area (Å²) in [6.45, 7) is 0.383. The summed E-state index contributed by atoms with van der Waals surface area (Å²) in [5, 5.41) is 23.8. The summed E-state index contributed by atoms with van der Waals surface area (Å²) in [7, 11) is 0. The van der Waals surface area contributed by atoms with E-state index >= 15 is 0 Å². The van der Waals surface area contributed by atoms with Gasteiger partial charge in [-0.05, 0) is 40.5 Å². The van der Waals surface area contributed by atoms with Crippen molar-refractivity contribution in [3.05, 3.63) is 28.2 Å². The maximum atomic E-state index is 11.9. The van der Waals surface area contributed by atoms with Gasteiger partial charge in [-0.3, -0.25) is 4.79 Å². The highest BCUT2D eigenvalue weighted by molar-refractivity contribution is 9.10. The summed E-state index contributed by atoms with van der Waals surface area (Å²) in [4.78, 5) is 22.8. The van der Waals surface area contributed by atoms with E-state index in [2.05, 4.69) is 26.6 Å². The summed E-state index contributed by atoms with van der Waals surface area (Å²) < 4.78 is 0.601. The van der Waals surface area contributed by atoms with E-state index in [0.29, 0.717) is 23.1 Å². The lowest BCUT2D eigenvalue weighted by atomic mass is 10.1. The molecule has 7 heteroatoms. The number of amides is 1. The highest BCUT2D eigenvalue weighted by atomic mass is 79.9. The Morgan fingerprint density at radius 1 is 1.42 bits per heavy atom. The largest absolute Gasteiger partial charge is 0.478 e. The Hall–Kier alpha value is -1.44. The molecule has 1 aromatic rings. The van der Waals surface area contributed by atoms with E-state index in [-0.39, 0.29) is 11.5 Å². The SMILES string of the molecule is O=C(O)c1ccc(Br)c(NC(=O)C2CC(O)CN2)c1. The Kier molecular flexibility index (Phi) is 4.18. The van der Waals surface area contributed by atoms with Crippen molar-refractivity contribution >= 4 is 33.5 Å². The maximum absolute atomic E-state index is 11.9. The monoisotopic (exact) mass is 328 g/mol. The van der Waals surface area contributed by atoms with Gasteiger partial charge in [-0.1, -0.05) is 0 Å². The summed E-state index contributed by atoms with van der Waals surface area (Å²) >= 11 is 3.25. The Morgan fingerprint density at radius 2 is 2.16 bits per heavy atom. The van der Waals surface area contributed by atoms with Crippen LogP contribution < -0.4 is 10.6 Å². The molecule has 1 heterocycles. The molecule has 2 atom stereocenters. The molecule has 4 N–H and O–H groups in total.